The van der Waals surface area contributed by atoms with Gasteiger partial charge in [0.2, 0.25) is 5.91 Å². The molecular weight excluding hydrogens is 316 g/mol. The first-order valence-electron chi connectivity index (χ1n) is 9.49. The number of rotatable bonds is 6. The number of nitrogens with one attached hydrogen (secondary N) is 1. The van der Waals surface area contributed by atoms with Gasteiger partial charge in [0.1, 0.15) is 5.82 Å². The Morgan fingerprint density at radius 2 is 2.16 bits per heavy atom. The van der Waals surface area contributed by atoms with E-state index in [-0.39, 0.29) is 12.0 Å². The largest absolute Gasteiger partial charge is 0.376 e. The lowest BCUT2D eigenvalue weighted by atomic mass is 10.1. The molecule has 3 heterocycles. The van der Waals surface area contributed by atoms with Crippen LogP contribution in [0, 0.1) is 0 Å². The number of aromatic nitrogens is 1. The predicted octanol–water partition coefficient (Wildman–Crippen LogP) is 1.77. The first-order valence-corrected chi connectivity index (χ1v) is 9.49. The number of likely N-dealkylation sites (tertiary alicyclic amines) is 1. The number of ether oxygens (including phenoxy) is 1. The summed E-state index contributed by atoms with van der Waals surface area (Å²) in [6, 6.07) is 4.14. The van der Waals surface area contributed by atoms with Crippen LogP contribution in [-0.4, -0.2) is 73.2 Å². The summed E-state index contributed by atoms with van der Waals surface area (Å²) >= 11 is 0. The Morgan fingerprint density at radius 3 is 2.96 bits per heavy atom. The summed E-state index contributed by atoms with van der Waals surface area (Å²) in [5.74, 6) is 1.18. The van der Waals surface area contributed by atoms with Gasteiger partial charge in [0.05, 0.1) is 19.3 Å². The van der Waals surface area contributed by atoms with Gasteiger partial charge in [-0.25, -0.2) is 4.98 Å². The van der Waals surface area contributed by atoms with Gasteiger partial charge < -0.3 is 15.0 Å². The molecule has 1 aromatic rings. The van der Waals surface area contributed by atoms with Gasteiger partial charge in [-0.05, 0) is 49.8 Å². The number of hydrogen-bond donors (Lipinski definition) is 1. The lowest BCUT2D eigenvalue weighted by Crippen LogP contribution is -2.48. The van der Waals surface area contributed by atoms with E-state index in [0.29, 0.717) is 6.54 Å². The van der Waals surface area contributed by atoms with Crippen LogP contribution in [0.5, 0.6) is 0 Å². The number of carbonyl (C=O) groups is 1. The van der Waals surface area contributed by atoms with Gasteiger partial charge in [0, 0.05) is 39.4 Å². The van der Waals surface area contributed by atoms with Crippen LogP contribution in [0.15, 0.2) is 18.3 Å². The van der Waals surface area contributed by atoms with E-state index >= 15 is 0 Å². The zero-order valence-electron chi connectivity index (χ0n) is 15.2. The van der Waals surface area contributed by atoms with Gasteiger partial charge in [-0.2, -0.15) is 0 Å². The molecule has 1 amide bonds. The van der Waals surface area contributed by atoms with Crippen molar-refractivity contribution in [2.75, 3.05) is 51.7 Å². The van der Waals surface area contributed by atoms with Crippen LogP contribution in [0.3, 0.4) is 0 Å². The molecule has 3 rings (SSSR count). The minimum Gasteiger partial charge on any atom is -0.376 e. The van der Waals surface area contributed by atoms with Crippen LogP contribution in [0.1, 0.15) is 31.2 Å². The molecule has 0 unspecified atom stereocenters. The van der Waals surface area contributed by atoms with Crippen LogP contribution in [0.25, 0.3) is 0 Å². The monoisotopic (exact) mass is 346 g/mol. The predicted molar refractivity (Wildman–Crippen MR) is 98.7 cm³/mol. The molecule has 1 atom stereocenters. The average molecular weight is 346 g/mol. The molecule has 2 aliphatic heterocycles. The molecule has 0 saturated carbocycles. The Kier molecular flexibility index (Phi) is 6.64. The number of anilines is 1. The van der Waals surface area contributed by atoms with Crippen molar-refractivity contribution < 1.29 is 9.53 Å². The second-order valence-electron chi connectivity index (χ2n) is 7.01. The molecule has 6 nitrogen and oxygen atoms in total. The Bertz CT molecular complexity index is 560. The Morgan fingerprint density at radius 1 is 1.32 bits per heavy atom. The van der Waals surface area contributed by atoms with Gasteiger partial charge in [-0.3, -0.25) is 9.69 Å². The molecule has 25 heavy (non-hydrogen) atoms. The van der Waals surface area contributed by atoms with E-state index in [9.17, 15) is 4.79 Å². The summed E-state index contributed by atoms with van der Waals surface area (Å²) in [5.41, 5.74) is 1.27. The van der Waals surface area contributed by atoms with Gasteiger partial charge in [-0.15, -0.1) is 0 Å². The van der Waals surface area contributed by atoms with Crippen molar-refractivity contribution in [2.45, 2.75) is 38.2 Å². The van der Waals surface area contributed by atoms with Crippen LogP contribution in [0.2, 0.25) is 0 Å². The zero-order chi connectivity index (χ0) is 17.5. The summed E-state index contributed by atoms with van der Waals surface area (Å²) < 4.78 is 5.92. The van der Waals surface area contributed by atoms with Crippen molar-refractivity contribution in [1.29, 1.82) is 0 Å². The normalized spacial score (nSPS) is 22.0. The molecule has 0 bridgehead atoms. The van der Waals surface area contributed by atoms with Crippen LogP contribution in [0.4, 0.5) is 5.82 Å². The smallest absolute Gasteiger partial charge is 0.236 e. The molecule has 2 fully saturated rings. The molecule has 138 valence electrons. The van der Waals surface area contributed by atoms with Crippen LogP contribution >= 0.6 is 0 Å². The Balaban J connectivity index is 1.45. The van der Waals surface area contributed by atoms with Gasteiger partial charge >= 0.3 is 0 Å². The lowest BCUT2D eigenvalue weighted by molar-refractivity contribution is -0.135. The molecule has 6 heteroatoms. The van der Waals surface area contributed by atoms with E-state index in [1.807, 2.05) is 18.1 Å². The highest BCUT2D eigenvalue weighted by Gasteiger charge is 2.24. The van der Waals surface area contributed by atoms with E-state index in [1.165, 1.54) is 12.0 Å². The molecule has 0 spiro atoms. The zero-order valence-corrected chi connectivity index (χ0v) is 15.2. The third-order valence-corrected chi connectivity index (χ3v) is 5.13. The molecule has 1 aromatic heterocycles. The highest BCUT2D eigenvalue weighted by Crippen LogP contribution is 2.15. The molecule has 0 aromatic carbocycles. The van der Waals surface area contributed by atoms with Crippen molar-refractivity contribution in [3.8, 4) is 0 Å². The highest BCUT2D eigenvalue weighted by molar-refractivity contribution is 5.78. The third-order valence-electron chi connectivity index (χ3n) is 5.13. The summed E-state index contributed by atoms with van der Waals surface area (Å²) in [7, 11) is 1.88. The van der Waals surface area contributed by atoms with E-state index in [2.05, 4.69) is 27.3 Å². The van der Waals surface area contributed by atoms with Crippen molar-refractivity contribution >= 4 is 11.7 Å². The molecule has 0 radical (unpaired) electrons. The van der Waals surface area contributed by atoms with Crippen molar-refractivity contribution in [2.24, 2.45) is 0 Å². The van der Waals surface area contributed by atoms with Crippen molar-refractivity contribution in [3.05, 3.63) is 23.9 Å². The minimum absolute atomic E-state index is 0.203. The molecule has 1 N–H and O–H groups in total. The quantitative estimate of drug-likeness (QED) is 0.851. The number of piperidine rings is 1. The Hall–Kier alpha value is -1.66. The number of morpholine rings is 1. The topological polar surface area (TPSA) is 57.7 Å². The van der Waals surface area contributed by atoms with E-state index in [1.54, 1.807) is 0 Å². The fourth-order valence-electron chi connectivity index (χ4n) is 3.63. The first kappa shape index (κ1) is 18.1. The summed E-state index contributed by atoms with van der Waals surface area (Å²) in [6.07, 6.45) is 7.54. The first-order chi connectivity index (χ1) is 12.2. The van der Waals surface area contributed by atoms with Crippen molar-refractivity contribution in [3.63, 3.8) is 0 Å². The number of carbonyl (C=O) groups excluding carboxylic acids is 1. The van der Waals surface area contributed by atoms with Crippen LogP contribution in [-0.2, 0) is 16.0 Å². The standard InChI is InChI=1S/C19H30N4O2/c1-20-18-13-16(7-8-21-18)5-6-17-14-22(11-12-25-17)15-19(24)23-9-3-2-4-10-23/h7-8,13,17H,2-6,9-12,14-15H2,1H3,(H,20,21)/t17-/m1/s1. The van der Waals surface area contributed by atoms with Crippen molar-refractivity contribution in [1.82, 2.24) is 14.8 Å². The van der Waals surface area contributed by atoms with E-state index in [4.69, 9.17) is 4.74 Å². The molecular formula is C19H30N4O2. The minimum atomic E-state index is 0.203. The lowest BCUT2D eigenvalue weighted by Gasteiger charge is -2.35. The summed E-state index contributed by atoms with van der Waals surface area (Å²) in [4.78, 5) is 21.0. The summed E-state index contributed by atoms with van der Waals surface area (Å²) in [6.45, 7) is 4.83. The van der Waals surface area contributed by atoms with E-state index in [0.717, 1.165) is 64.3 Å². The molecule has 2 saturated heterocycles. The average Bonchev–Trinajstić information content (AvgIpc) is 2.67. The van der Waals surface area contributed by atoms with Crippen LogP contribution < -0.4 is 5.32 Å². The maximum Gasteiger partial charge on any atom is 0.236 e. The molecule has 0 aliphatic carbocycles. The fourth-order valence-corrected chi connectivity index (χ4v) is 3.63. The van der Waals surface area contributed by atoms with Gasteiger partial charge in [-0.1, -0.05) is 0 Å². The second kappa shape index (κ2) is 9.15. The number of nitrogens with zero attached hydrogens (tertiary/aromatic N) is 3. The highest BCUT2D eigenvalue weighted by atomic mass is 16.5. The maximum atomic E-state index is 12.5. The SMILES string of the molecule is CNc1cc(CC[C@@H]2CN(CC(=O)N3CCCCC3)CCO2)ccn1. The second-order valence-corrected chi connectivity index (χ2v) is 7.01. The van der Waals surface area contributed by atoms with E-state index < -0.39 is 0 Å². The number of amides is 1. The van der Waals surface area contributed by atoms with Gasteiger partial charge in [0.15, 0.2) is 0 Å². The number of aryl methyl sites for hydroxylation is 1. The third kappa shape index (κ3) is 5.41. The summed E-state index contributed by atoms with van der Waals surface area (Å²) in [5, 5.41) is 3.07. The van der Waals surface area contributed by atoms with Gasteiger partial charge in [0.25, 0.3) is 0 Å². The fraction of sp³-hybridized carbons (Fsp3) is 0.684. The number of hydrogen-bond acceptors (Lipinski definition) is 5. The Labute approximate surface area is 150 Å². The number of pyridine rings is 1. The maximum absolute atomic E-state index is 12.5. The molecule has 2 aliphatic rings.